The Morgan fingerprint density at radius 3 is 2.88 bits per heavy atom. The lowest BCUT2D eigenvalue weighted by Gasteiger charge is -2.16. The van der Waals surface area contributed by atoms with Gasteiger partial charge in [0.05, 0.1) is 23.1 Å². The molecule has 1 aliphatic carbocycles. The van der Waals surface area contributed by atoms with Crippen LogP contribution in [0.15, 0.2) is 41.7 Å². The first-order valence-corrected chi connectivity index (χ1v) is 12.4. The number of nitrogens with one attached hydrogen (secondary N) is 1. The Labute approximate surface area is 193 Å². The number of hydrogen-bond donors (Lipinski definition) is 1. The highest BCUT2D eigenvalue weighted by Gasteiger charge is 2.21. The Morgan fingerprint density at radius 2 is 2.16 bits per heavy atom. The van der Waals surface area contributed by atoms with Crippen LogP contribution in [0.25, 0.3) is 22.1 Å². The van der Waals surface area contributed by atoms with Crippen molar-refractivity contribution in [3.05, 3.63) is 52.9 Å². The molecule has 1 atom stereocenters. The highest BCUT2D eigenvalue weighted by Crippen LogP contribution is 2.32. The molecule has 1 unspecified atom stereocenters. The second kappa shape index (κ2) is 10.2. The first-order valence-electron chi connectivity index (χ1n) is 11.5. The van der Waals surface area contributed by atoms with E-state index in [0.29, 0.717) is 0 Å². The summed E-state index contributed by atoms with van der Waals surface area (Å²) in [6.07, 6.45) is 14.3. The summed E-state index contributed by atoms with van der Waals surface area (Å²) in [7, 11) is 0. The fraction of sp³-hybridized carbons (Fsp3) is 0.440. The molecule has 3 aromatic heterocycles. The molecule has 3 aromatic rings. The number of thiazole rings is 1. The van der Waals surface area contributed by atoms with Crippen molar-refractivity contribution in [1.82, 2.24) is 24.8 Å². The zero-order valence-electron chi connectivity index (χ0n) is 19.1. The van der Waals surface area contributed by atoms with E-state index in [1.165, 1.54) is 31.3 Å². The third-order valence-electron chi connectivity index (χ3n) is 6.19. The van der Waals surface area contributed by atoms with Crippen LogP contribution in [0.1, 0.15) is 68.4 Å². The lowest BCUT2D eigenvalue weighted by Crippen LogP contribution is -2.32. The number of carbonyl (C=O) groups is 1. The Morgan fingerprint density at radius 1 is 1.28 bits per heavy atom. The fourth-order valence-electron chi connectivity index (χ4n) is 4.08. The molecule has 0 fully saturated rings. The van der Waals surface area contributed by atoms with Gasteiger partial charge in [0.25, 0.3) is 5.91 Å². The van der Waals surface area contributed by atoms with Crippen molar-refractivity contribution < 1.29 is 4.79 Å². The van der Waals surface area contributed by atoms with Gasteiger partial charge in [0.1, 0.15) is 10.7 Å². The van der Waals surface area contributed by atoms with E-state index in [2.05, 4.69) is 32.9 Å². The average Bonchev–Trinajstić information content (AvgIpc) is 3.44. The van der Waals surface area contributed by atoms with Crippen LogP contribution in [0.4, 0.5) is 0 Å². The van der Waals surface area contributed by atoms with Crippen LogP contribution in [0.3, 0.4) is 0 Å². The average molecular weight is 450 g/mol. The van der Waals surface area contributed by atoms with Gasteiger partial charge in [-0.15, -0.1) is 11.3 Å². The molecule has 0 radical (unpaired) electrons. The van der Waals surface area contributed by atoms with Gasteiger partial charge in [0, 0.05) is 36.1 Å². The highest BCUT2D eigenvalue weighted by molar-refractivity contribution is 7.13. The van der Waals surface area contributed by atoms with Gasteiger partial charge in [0.15, 0.2) is 0 Å². The van der Waals surface area contributed by atoms with Crippen molar-refractivity contribution in [2.24, 2.45) is 0 Å². The summed E-state index contributed by atoms with van der Waals surface area (Å²) < 4.78 is 2.26. The molecule has 168 valence electrons. The smallest absolute Gasteiger partial charge is 0.253 e. The first kappa shape index (κ1) is 22.4. The Balaban J connectivity index is 1.67. The normalized spacial score (nSPS) is 14.8. The maximum Gasteiger partial charge on any atom is 0.253 e. The van der Waals surface area contributed by atoms with Crippen LogP contribution in [0, 0.1) is 6.92 Å². The number of aromatic nitrogens is 4. The molecule has 0 aromatic carbocycles. The van der Waals surface area contributed by atoms with Crippen LogP contribution in [0.5, 0.6) is 0 Å². The second-order valence-corrected chi connectivity index (χ2v) is 9.31. The molecule has 0 saturated carbocycles. The zero-order chi connectivity index (χ0) is 22.5. The standard InChI is InChI=1S/C25H31N5OS/c1-4-17(2)28-24(31)20-14-23(22-16-32-25(29-22)21-15-26-11-12-27-21)30(18(20)3)13-10-19-8-6-5-7-9-19/h8,11-12,14-17H,4-7,9-10,13H2,1-3H3,(H,28,31). The van der Waals surface area contributed by atoms with E-state index >= 15 is 0 Å². The van der Waals surface area contributed by atoms with E-state index in [1.54, 1.807) is 29.9 Å². The van der Waals surface area contributed by atoms with E-state index < -0.39 is 0 Å². The maximum atomic E-state index is 13.0. The molecule has 6 nitrogen and oxygen atoms in total. The van der Waals surface area contributed by atoms with Crippen LogP contribution >= 0.6 is 11.3 Å². The molecule has 1 N–H and O–H groups in total. The second-order valence-electron chi connectivity index (χ2n) is 8.45. The summed E-state index contributed by atoms with van der Waals surface area (Å²) in [5, 5.41) is 6.00. The van der Waals surface area contributed by atoms with Crippen molar-refractivity contribution in [3.63, 3.8) is 0 Å². The molecule has 4 rings (SSSR count). The van der Waals surface area contributed by atoms with E-state index in [9.17, 15) is 4.79 Å². The minimum Gasteiger partial charge on any atom is -0.350 e. The summed E-state index contributed by atoms with van der Waals surface area (Å²) in [6.45, 7) is 7.01. The van der Waals surface area contributed by atoms with Gasteiger partial charge >= 0.3 is 0 Å². The predicted molar refractivity (Wildman–Crippen MR) is 130 cm³/mol. The van der Waals surface area contributed by atoms with Crippen molar-refractivity contribution >= 4 is 17.2 Å². The van der Waals surface area contributed by atoms with Crippen molar-refractivity contribution in [1.29, 1.82) is 0 Å². The highest BCUT2D eigenvalue weighted by atomic mass is 32.1. The molecule has 0 saturated heterocycles. The molecular formula is C25H31N5OS. The Kier molecular flexibility index (Phi) is 7.15. The number of hydrogen-bond acceptors (Lipinski definition) is 5. The fourth-order valence-corrected chi connectivity index (χ4v) is 4.86. The number of nitrogens with zero attached hydrogens (tertiary/aromatic N) is 4. The number of carbonyl (C=O) groups excluding carboxylic acids is 1. The largest absolute Gasteiger partial charge is 0.350 e. The van der Waals surface area contributed by atoms with Crippen LogP contribution in [0.2, 0.25) is 0 Å². The molecular weight excluding hydrogens is 418 g/mol. The van der Waals surface area contributed by atoms with Gasteiger partial charge in [0.2, 0.25) is 0 Å². The Bertz CT molecular complexity index is 1100. The predicted octanol–water partition coefficient (Wildman–Crippen LogP) is 5.80. The molecule has 0 aliphatic heterocycles. The molecule has 1 amide bonds. The van der Waals surface area contributed by atoms with E-state index in [0.717, 1.165) is 52.7 Å². The van der Waals surface area contributed by atoms with Crippen molar-refractivity contribution in [2.75, 3.05) is 0 Å². The van der Waals surface area contributed by atoms with Gasteiger partial charge in [-0.25, -0.2) is 4.98 Å². The molecule has 0 bridgehead atoms. The van der Waals surface area contributed by atoms with Crippen LogP contribution in [-0.2, 0) is 6.54 Å². The molecule has 32 heavy (non-hydrogen) atoms. The molecule has 3 heterocycles. The van der Waals surface area contributed by atoms with E-state index in [4.69, 9.17) is 4.98 Å². The summed E-state index contributed by atoms with van der Waals surface area (Å²) in [6, 6.07) is 2.14. The van der Waals surface area contributed by atoms with Gasteiger partial charge in [-0.05, 0) is 58.4 Å². The zero-order valence-corrected chi connectivity index (χ0v) is 19.9. The summed E-state index contributed by atoms with van der Waals surface area (Å²) in [5.41, 5.74) is 5.87. The lowest BCUT2D eigenvalue weighted by atomic mass is 9.97. The molecule has 0 spiro atoms. The van der Waals surface area contributed by atoms with Gasteiger partial charge in [-0.1, -0.05) is 18.6 Å². The van der Waals surface area contributed by atoms with Crippen molar-refractivity contribution in [3.8, 4) is 22.1 Å². The summed E-state index contributed by atoms with van der Waals surface area (Å²) in [4.78, 5) is 26.4. The lowest BCUT2D eigenvalue weighted by molar-refractivity contribution is 0.0938. The third-order valence-corrected chi connectivity index (χ3v) is 7.06. The molecule has 7 heteroatoms. The minimum atomic E-state index is -0.0156. The van der Waals surface area contributed by atoms with Crippen LogP contribution in [-0.4, -0.2) is 31.5 Å². The SMILES string of the molecule is CCC(C)NC(=O)c1cc(-c2csc(-c3cnccn3)n2)n(CCC2=CCCCC2)c1C. The summed E-state index contributed by atoms with van der Waals surface area (Å²) in [5.74, 6) is -0.0156. The number of amides is 1. The topological polar surface area (TPSA) is 72.7 Å². The van der Waals surface area contributed by atoms with Crippen LogP contribution < -0.4 is 5.32 Å². The Hall–Kier alpha value is -2.80. The van der Waals surface area contributed by atoms with Gasteiger partial charge < -0.3 is 9.88 Å². The van der Waals surface area contributed by atoms with E-state index in [-0.39, 0.29) is 11.9 Å². The maximum absolute atomic E-state index is 13.0. The monoisotopic (exact) mass is 449 g/mol. The third kappa shape index (κ3) is 4.99. The van der Waals surface area contributed by atoms with Gasteiger partial charge in [-0.2, -0.15) is 0 Å². The van der Waals surface area contributed by atoms with Gasteiger partial charge in [-0.3, -0.25) is 14.8 Å². The number of rotatable bonds is 8. The summed E-state index contributed by atoms with van der Waals surface area (Å²) >= 11 is 1.55. The number of allylic oxidation sites excluding steroid dienone is 2. The van der Waals surface area contributed by atoms with E-state index in [1.807, 2.05) is 25.3 Å². The molecule has 1 aliphatic rings. The van der Waals surface area contributed by atoms with Crippen molar-refractivity contribution in [2.45, 2.75) is 71.9 Å². The minimum absolute atomic E-state index is 0.0156. The quantitative estimate of drug-likeness (QED) is 0.441. The first-order chi connectivity index (χ1) is 15.6.